The smallest absolute Gasteiger partial charge is 0.126 e. The van der Waals surface area contributed by atoms with Crippen LogP contribution in [-0.2, 0) is 0 Å². The van der Waals surface area contributed by atoms with Crippen molar-refractivity contribution in [3.05, 3.63) is 59.4 Å². The Morgan fingerprint density at radius 2 is 1.65 bits per heavy atom. The fourth-order valence-corrected chi connectivity index (χ4v) is 1.62. The van der Waals surface area contributed by atoms with Crippen LogP contribution in [0.4, 0.5) is 4.39 Å². The highest BCUT2D eigenvalue weighted by molar-refractivity contribution is 5.86. The van der Waals surface area contributed by atoms with Gasteiger partial charge in [-0.05, 0) is 41.3 Å². The molecule has 17 heavy (non-hydrogen) atoms. The minimum atomic E-state index is -1.20. The highest BCUT2D eigenvalue weighted by Gasteiger charge is 2.02. The van der Waals surface area contributed by atoms with Crippen LogP contribution < -0.4 is 5.11 Å². The first kappa shape index (κ1) is 11.3. The molecule has 0 N–H and O–H groups in total. The van der Waals surface area contributed by atoms with Gasteiger partial charge in [-0.2, -0.15) is 0 Å². The summed E-state index contributed by atoms with van der Waals surface area (Å²) in [7, 11) is 0. The molecule has 0 radical (unpaired) electrons. The van der Waals surface area contributed by atoms with Gasteiger partial charge in [-0.3, -0.25) is 0 Å². The maximum Gasteiger partial charge on any atom is 0.126 e. The number of carbonyl (C=O) groups excluding carboxylic acids is 1. The van der Waals surface area contributed by atoms with Crippen molar-refractivity contribution >= 4 is 5.97 Å². The van der Waals surface area contributed by atoms with Crippen LogP contribution in [0.5, 0.6) is 0 Å². The summed E-state index contributed by atoms with van der Waals surface area (Å²) in [4.78, 5) is 10.6. The molecule has 0 amide bonds. The summed E-state index contributed by atoms with van der Waals surface area (Å²) in [5, 5.41) is 10.6. The molecule has 0 unspecified atom stereocenters. The van der Waals surface area contributed by atoms with Gasteiger partial charge in [-0.15, -0.1) is 0 Å². The van der Waals surface area contributed by atoms with Gasteiger partial charge >= 0.3 is 0 Å². The number of carboxylic acid groups (broad SMARTS) is 1. The lowest BCUT2D eigenvalue weighted by atomic mass is 10.0. The topological polar surface area (TPSA) is 40.1 Å². The van der Waals surface area contributed by atoms with Crippen LogP contribution in [0.3, 0.4) is 0 Å². The van der Waals surface area contributed by atoms with Gasteiger partial charge in [0.25, 0.3) is 0 Å². The molecule has 0 spiro atoms. The average Bonchev–Trinajstić information content (AvgIpc) is 2.33. The third-order valence-corrected chi connectivity index (χ3v) is 2.61. The molecule has 2 rings (SSSR count). The Morgan fingerprint density at radius 1 is 1.06 bits per heavy atom. The molecule has 0 bridgehead atoms. The molecule has 3 heteroatoms. The van der Waals surface area contributed by atoms with Crippen molar-refractivity contribution in [3.63, 3.8) is 0 Å². The Morgan fingerprint density at radius 3 is 2.18 bits per heavy atom. The average molecular weight is 229 g/mol. The predicted molar refractivity (Wildman–Crippen MR) is 60.9 cm³/mol. The lowest BCUT2D eigenvalue weighted by Gasteiger charge is -2.06. The van der Waals surface area contributed by atoms with Crippen molar-refractivity contribution in [1.29, 1.82) is 0 Å². The van der Waals surface area contributed by atoms with Crippen LogP contribution in [0.2, 0.25) is 0 Å². The number of aromatic carboxylic acids is 1. The molecule has 86 valence electrons. The summed E-state index contributed by atoms with van der Waals surface area (Å²) in [6.07, 6.45) is 0. The number of rotatable bonds is 2. The Balaban J connectivity index is 2.39. The molecule has 0 atom stereocenters. The van der Waals surface area contributed by atoms with E-state index in [0.717, 1.165) is 11.1 Å². The van der Waals surface area contributed by atoms with Gasteiger partial charge in [-0.1, -0.05) is 30.3 Å². The van der Waals surface area contributed by atoms with Crippen LogP contribution in [0.25, 0.3) is 11.1 Å². The Bertz CT molecular complexity index is 559. The van der Waals surface area contributed by atoms with E-state index in [4.69, 9.17) is 0 Å². The van der Waals surface area contributed by atoms with Crippen molar-refractivity contribution in [2.75, 3.05) is 0 Å². The first-order valence-electron chi connectivity index (χ1n) is 5.16. The van der Waals surface area contributed by atoms with Gasteiger partial charge in [0.05, 0.1) is 5.97 Å². The third kappa shape index (κ3) is 2.33. The SMILES string of the molecule is Cc1cc(-c2ccc(C(=O)[O-])cc2)ccc1F. The molecule has 0 heterocycles. The zero-order valence-corrected chi connectivity index (χ0v) is 9.24. The quantitative estimate of drug-likeness (QED) is 0.791. The maximum absolute atomic E-state index is 13.1. The Hall–Kier alpha value is -2.16. The second-order valence-electron chi connectivity index (χ2n) is 3.83. The summed E-state index contributed by atoms with van der Waals surface area (Å²) in [6.45, 7) is 1.69. The molecule has 0 fully saturated rings. The minimum Gasteiger partial charge on any atom is -0.545 e. The minimum absolute atomic E-state index is 0.132. The first-order valence-corrected chi connectivity index (χ1v) is 5.16. The van der Waals surface area contributed by atoms with Crippen molar-refractivity contribution in [3.8, 4) is 11.1 Å². The number of hydrogen-bond acceptors (Lipinski definition) is 2. The predicted octanol–water partition coefficient (Wildman–Crippen LogP) is 2.16. The number of carbonyl (C=O) groups is 1. The number of hydrogen-bond donors (Lipinski definition) is 0. The molecule has 0 saturated heterocycles. The van der Waals surface area contributed by atoms with E-state index in [2.05, 4.69) is 0 Å². The summed E-state index contributed by atoms with van der Waals surface area (Å²) in [5.74, 6) is -1.45. The van der Waals surface area contributed by atoms with Crippen molar-refractivity contribution in [2.45, 2.75) is 6.92 Å². The van der Waals surface area contributed by atoms with Crippen LogP contribution in [0.15, 0.2) is 42.5 Å². The van der Waals surface area contributed by atoms with E-state index < -0.39 is 5.97 Å². The van der Waals surface area contributed by atoms with Gasteiger partial charge in [-0.25, -0.2) is 4.39 Å². The van der Waals surface area contributed by atoms with Gasteiger partial charge in [0.1, 0.15) is 5.82 Å². The molecular formula is C14H10FO2-. The number of aryl methyl sites for hydroxylation is 1. The van der Waals surface area contributed by atoms with Crippen LogP contribution in [0, 0.1) is 12.7 Å². The van der Waals surface area contributed by atoms with Gasteiger partial charge < -0.3 is 9.90 Å². The molecule has 2 aromatic rings. The van der Waals surface area contributed by atoms with Crippen LogP contribution in [0.1, 0.15) is 15.9 Å². The van der Waals surface area contributed by atoms with E-state index >= 15 is 0 Å². The van der Waals surface area contributed by atoms with E-state index in [1.807, 2.05) is 0 Å². The normalized spacial score (nSPS) is 10.2. The third-order valence-electron chi connectivity index (χ3n) is 2.61. The summed E-state index contributed by atoms with van der Waals surface area (Å²) in [5.41, 5.74) is 2.39. The fourth-order valence-electron chi connectivity index (χ4n) is 1.62. The van der Waals surface area contributed by atoms with Gasteiger partial charge in [0.2, 0.25) is 0 Å². The van der Waals surface area contributed by atoms with Crippen LogP contribution in [-0.4, -0.2) is 5.97 Å². The Kier molecular flexibility index (Phi) is 2.91. The van der Waals surface area contributed by atoms with E-state index in [-0.39, 0.29) is 11.4 Å². The summed E-state index contributed by atoms with van der Waals surface area (Å²) >= 11 is 0. The van der Waals surface area contributed by atoms with E-state index in [1.165, 1.54) is 18.2 Å². The van der Waals surface area contributed by atoms with Gasteiger partial charge in [0.15, 0.2) is 0 Å². The molecule has 0 aliphatic heterocycles. The molecule has 0 aliphatic rings. The summed E-state index contributed by atoms with van der Waals surface area (Å²) in [6, 6.07) is 11.1. The number of benzene rings is 2. The zero-order valence-electron chi connectivity index (χ0n) is 9.24. The van der Waals surface area contributed by atoms with Gasteiger partial charge in [0, 0.05) is 0 Å². The van der Waals surface area contributed by atoms with E-state index in [1.54, 1.807) is 31.2 Å². The van der Waals surface area contributed by atoms with Crippen molar-refractivity contribution < 1.29 is 14.3 Å². The second kappa shape index (κ2) is 4.37. The molecular weight excluding hydrogens is 219 g/mol. The molecule has 0 aliphatic carbocycles. The van der Waals surface area contributed by atoms with Crippen molar-refractivity contribution in [1.82, 2.24) is 0 Å². The second-order valence-corrected chi connectivity index (χ2v) is 3.83. The first-order chi connectivity index (χ1) is 8.08. The highest BCUT2D eigenvalue weighted by Crippen LogP contribution is 2.22. The maximum atomic E-state index is 13.1. The standard InChI is InChI=1S/C14H11FO2/c1-9-8-12(6-7-13(9)15)10-2-4-11(5-3-10)14(16)17/h2-8H,1H3,(H,16,17)/p-1. The van der Waals surface area contributed by atoms with E-state index in [0.29, 0.717) is 5.56 Å². The Labute approximate surface area is 98.3 Å². The number of carboxylic acids is 1. The summed E-state index contributed by atoms with van der Waals surface area (Å²) < 4.78 is 13.1. The molecule has 2 aromatic carbocycles. The monoisotopic (exact) mass is 229 g/mol. The largest absolute Gasteiger partial charge is 0.545 e. The molecule has 0 saturated carbocycles. The lowest BCUT2D eigenvalue weighted by Crippen LogP contribution is -2.21. The van der Waals surface area contributed by atoms with Crippen LogP contribution >= 0.6 is 0 Å². The molecule has 0 aromatic heterocycles. The zero-order chi connectivity index (χ0) is 12.4. The molecule has 2 nitrogen and oxygen atoms in total. The fraction of sp³-hybridized carbons (Fsp3) is 0.0714. The van der Waals surface area contributed by atoms with Crippen molar-refractivity contribution in [2.24, 2.45) is 0 Å². The van der Waals surface area contributed by atoms with E-state index in [9.17, 15) is 14.3 Å². The highest BCUT2D eigenvalue weighted by atomic mass is 19.1. The lowest BCUT2D eigenvalue weighted by molar-refractivity contribution is -0.255. The number of halogens is 1.